The molecule has 0 saturated heterocycles. The van der Waals surface area contributed by atoms with Crippen molar-refractivity contribution in [1.29, 1.82) is 0 Å². The summed E-state index contributed by atoms with van der Waals surface area (Å²) < 4.78 is 0. The number of hydrogen-bond donors (Lipinski definition) is 0. The van der Waals surface area contributed by atoms with Crippen LogP contribution in [0.5, 0.6) is 0 Å². The Kier molecular flexibility index (Phi) is 3.72. The van der Waals surface area contributed by atoms with Crippen LogP contribution in [-0.2, 0) is 0 Å². The van der Waals surface area contributed by atoms with Gasteiger partial charge in [0.1, 0.15) is 5.17 Å². The van der Waals surface area contributed by atoms with Crippen molar-refractivity contribution in [3.63, 3.8) is 0 Å². The molecule has 0 heterocycles. The lowest BCUT2D eigenvalue weighted by molar-refractivity contribution is 0.266. The molecule has 1 aromatic rings. The van der Waals surface area contributed by atoms with Crippen molar-refractivity contribution < 1.29 is 4.79 Å². The van der Waals surface area contributed by atoms with E-state index in [0.717, 1.165) is 0 Å². The lowest BCUT2D eigenvalue weighted by atomic mass is 10.2. The normalized spacial score (nSPS) is 11.5. The Balaban J connectivity index is 2.96. The second-order valence-corrected chi connectivity index (χ2v) is 3.28. The highest BCUT2D eigenvalue weighted by Gasteiger charge is 2.01. The molecule has 0 aliphatic heterocycles. The molecule has 0 bridgehead atoms. The maximum Gasteiger partial charge on any atom is 0.341 e. The first kappa shape index (κ1) is 10.5. The summed E-state index contributed by atoms with van der Waals surface area (Å²) in [7, 11) is 0. The SMILES string of the molecule is O=C(Cl)N=C(Cl)c1ccc(Cl)cc1. The van der Waals surface area contributed by atoms with Crippen LogP contribution in [0, 0.1) is 0 Å². The lowest BCUT2D eigenvalue weighted by Gasteiger charge is -1.96. The third-order valence-corrected chi connectivity index (χ3v) is 1.91. The Hall–Kier alpha value is -0.570. The summed E-state index contributed by atoms with van der Waals surface area (Å²) in [4.78, 5) is 13.7. The number of carbonyl (C=O) groups is 1. The molecule has 2 nitrogen and oxygen atoms in total. The van der Waals surface area contributed by atoms with Crippen molar-refractivity contribution in [1.82, 2.24) is 0 Å². The molecule has 0 aliphatic carbocycles. The standard InChI is InChI=1S/C8H4Cl3NO/c9-6-3-1-5(2-4-6)7(10)12-8(11)13/h1-4H. The van der Waals surface area contributed by atoms with Gasteiger partial charge in [-0.1, -0.05) is 35.3 Å². The zero-order valence-corrected chi connectivity index (χ0v) is 8.57. The summed E-state index contributed by atoms with van der Waals surface area (Å²) in [5.41, 5.74) is 0.597. The molecule has 68 valence electrons. The number of amides is 1. The minimum absolute atomic E-state index is 0.0525. The first-order chi connectivity index (χ1) is 6.09. The first-order valence-electron chi connectivity index (χ1n) is 3.29. The minimum atomic E-state index is -0.847. The lowest BCUT2D eigenvalue weighted by Crippen LogP contribution is -1.92. The molecule has 0 aromatic heterocycles. The van der Waals surface area contributed by atoms with Gasteiger partial charge in [0.25, 0.3) is 0 Å². The van der Waals surface area contributed by atoms with E-state index in [1.165, 1.54) is 0 Å². The van der Waals surface area contributed by atoms with E-state index in [1.807, 2.05) is 0 Å². The molecule has 5 heteroatoms. The Morgan fingerprint density at radius 1 is 1.15 bits per heavy atom. The van der Waals surface area contributed by atoms with Gasteiger partial charge < -0.3 is 0 Å². The molecule has 1 aromatic carbocycles. The number of aliphatic imine (C=N–C) groups is 1. The largest absolute Gasteiger partial charge is 0.341 e. The second-order valence-electron chi connectivity index (χ2n) is 2.16. The molecular formula is C8H4Cl3NO. The van der Waals surface area contributed by atoms with E-state index in [1.54, 1.807) is 24.3 Å². The smallest absolute Gasteiger partial charge is 0.253 e. The predicted octanol–water partition coefficient (Wildman–Crippen LogP) is 3.68. The van der Waals surface area contributed by atoms with Crippen molar-refractivity contribution in [3.8, 4) is 0 Å². The maximum atomic E-state index is 10.4. The van der Waals surface area contributed by atoms with Crippen LogP contribution >= 0.6 is 34.8 Å². The van der Waals surface area contributed by atoms with Crippen LogP contribution in [0.3, 0.4) is 0 Å². The summed E-state index contributed by atoms with van der Waals surface area (Å²) in [6, 6.07) is 6.59. The van der Waals surface area contributed by atoms with E-state index < -0.39 is 5.37 Å². The van der Waals surface area contributed by atoms with Crippen LogP contribution in [-0.4, -0.2) is 10.5 Å². The third kappa shape index (κ3) is 3.35. The Morgan fingerprint density at radius 2 is 1.69 bits per heavy atom. The molecule has 0 unspecified atom stereocenters. The van der Waals surface area contributed by atoms with E-state index in [9.17, 15) is 4.79 Å². The summed E-state index contributed by atoms with van der Waals surface area (Å²) in [6.45, 7) is 0. The summed E-state index contributed by atoms with van der Waals surface area (Å²) in [6.07, 6.45) is 0. The number of halogens is 3. The molecule has 0 spiro atoms. The second kappa shape index (κ2) is 4.61. The van der Waals surface area contributed by atoms with Crippen molar-refractivity contribution in [2.75, 3.05) is 0 Å². The van der Waals surface area contributed by atoms with Crippen LogP contribution < -0.4 is 0 Å². The predicted molar refractivity (Wildman–Crippen MR) is 55.1 cm³/mol. The van der Waals surface area contributed by atoms with Crippen molar-refractivity contribution in [2.45, 2.75) is 0 Å². The topological polar surface area (TPSA) is 29.4 Å². The monoisotopic (exact) mass is 235 g/mol. The van der Waals surface area contributed by atoms with Crippen LogP contribution in [0.25, 0.3) is 0 Å². The molecule has 1 amide bonds. The van der Waals surface area contributed by atoms with Crippen molar-refractivity contribution >= 4 is 45.3 Å². The minimum Gasteiger partial charge on any atom is -0.253 e. The van der Waals surface area contributed by atoms with Gasteiger partial charge in [-0.05, 0) is 23.7 Å². The van der Waals surface area contributed by atoms with E-state index in [2.05, 4.69) is 4.99 Å². The van der Waals surface area contributed by atoms with Gasteiger partial charge in [-0.3, -0.25) is 4.79 Å². The van der Waals surface area contributed by atoms with Crippen LogP contribution in [0.15, 0.2) is 29.3 Å². The number of rotatable bonds is 1. The molecule has 0 aliphatic rings. The van der Waals surface area contributed by atoms with Crippen LogP contribution in [0.4, 0.5) is 4.79 Å². The Bertz CT molecular complexity index is 345. The van der Waals surface area contributed by atoms with Gasteiger partial charge in [0.15, 0.2) is 0 Å². The molecule has 0 N–H and O–H groups in total. The average molecular weight is 236 g/mol. The Labute approximate surface area is 90.1 Å². The third-order valence-electron chi connectivity index (χ3n) is 1.27. The number of benzene rings is 1. The summed E-state index contributed by atoms with van der Waals surface area (Å²) >= 11 is 16.3. The molecular weight excluding hydrogens is 232 g/mol. The summed E-state index contributed by atoms with van der Waals surface area (Å²) in [5, 5.41) is -0.206. The molecule has 0 radical (unpaired) electrons. The zero-order chi connectivity index (χ0) is 9.84. The quantitative estimate of drug-likeness (QED) is 0.415. The van der Waals surface area contributed by atoms with Crippen molar-refractivity contribution in [2.24, 2.45) is 4.99 Å². The van der Waals surface area contributed by atoms with Gasteiger partial charge in [0.2, 0.25) is 0 Å². The average Bonchev–Trinajstić information content (AvgIpc) is 2.04. The van der Waals surface area contributed by atoms with Gasteiger partial charge >= 0.3 is 5.37 Å². The number of hydrogen-bond acceptors (Lipinski definition) is 1. The van der Waals surface area contributed by atoms with Gasteiger partial charge in [0, 0.05) is 10.6 Å². The zero-order valence-electron chi connectivity index (χ0n) is 6.30. The van der Waals surface area contributed by atoms with Gasteiger partial charge in [-0.25, -0.2) is 0 Å². The molecule has 0 fully saturated rings. The van der Waals surface area contributed by atoms with Gasteiger partial charge in [-0.15, -0.1) is 0 Å². The fourth-order valence-corrected chi connectivity index (χ4v) is 1.19. The van der Waals surface area contributed by atoms with Crippen LogP contribution in [0.1, 0.15) is 5.56 Å². The molecule has 13 heavy (non-hydrogen) atoms. The summed E-state index contributed by atoms with van der Waals surface area (Å²) in [5.74, 6) is 0. The number of carbonyl (C=O) groups excluding carboxylic acids is 1. The molecule has 0 saturated carbocycles. The van der Waals surface area contributed by atoms with Crippen LogP contribution in [0.2, 0.25) is 5.02 Å². The van der Waals surface area contributed by atoms with E-state index in [0.29, 0.717) is 10.6 Å². The number of nitrogens with zero attached hydrogens (tertiary/aromatic N) is 1. The molecule has 0 atom stereocenters. The van der Waals surface area contributed by atoms with E-state index >= 15 is 0 Å². The molecule has 1 rings (SSSR count). The van der Waals surface area contributed by atoms with Gasteiger partial charge in [-0.2, -0.15) is 4.99 Å². The van der Waals surface area contributed by atoms with Crippen molar-refractivity contribution in [3.05, 3.63) is 34.9 Å². The fourth-order valence-electron chi connectivity index (χ4n) is 0.729. The highest BCUT2D eigenvalue weighted by atomic mass is 35.5. The fraction of sp³-hybridized carbons (Fsp3) is 0. The van der Waals surface area contributed by atoms with Gasteiger partial charge in [0.05, 0.1) is 0 Å². The van der Waals surface area contributed by atoms with E-state index in [-0.39, 0.29) is 5.17 Å². The highest BCUT2D eigenvalue weighted by Crippen LogP contribution is 2.12. The maximum absolute atomic E-state index is 10.4. The first-order valence-corrected chi connectivity index (χ1v) is 4.42. The highest BCUT2D eigenvalue weighted by molar-refractivity contribution is 6.73. The Morgan fingerprint density at radius 3 is 2.15 bits per heavy atom. The van der Waals surface area contributed by atoms with E-state index in [4.69, 9.17) is 34.8 Å².